The molecule has 5 nitrogen and oxygen atoms in total. The smallest absolute Gasteiger partial charge is 0.305 e. The normalized spacial score (nSPS) is 18.1. The number of carboxylic acids is 1. The number of piperazine rings is 1. The van der Waals surface area contributed by atoms with Gasteiger partial charge in [-0.15, -0.1) is 0 Å². The topological polar surface area (TPSA) is 60.9 Å². The van der Waals surface area contributed by atoms with Gasteiger partial charge in [0.15, 0.2) is 0 Å². The molecule has 1 heterocycles. The van der Waals surface area contributed by atoms with E-state index in [9.17, 15) is 9.59 Å². The van der Waals surface area contributed by atoms with Crippen LogP contribution >= 0.6 is 11.6 Å². The molecule has 1 unspecified atom stereocenters. The summed E-state index contributed by atoms with van der Waals surface area (Å²) in [5.41, 5.74) is 5.00. The van der Waals surface area contributed by atoms with E-state index in [2.05, 4.69) is 55.1 Å². The van der Waals surface area contributed by atoms with Gasteiger partial charge in [0, 0.05) is 36.4 Å². The van der Waals surface area contributed by atoms with E-state index in [4.69, 9.17) is 16.7 Å². The highest BCUT2D eigenvalue weighted by Crippen LogP contribution is 2.45. The summed E-state index contributed by atoms with van der Waals surface area (Å²) in [6.07, 6.45) is 3.04. The van der Waals surface area contributed by atoms with Crippen LogP contribution in [0.25, 0.3) is 0 Å². The van der Waals surface area contributed by atoms with Crippen molar-refractivity contribution in [3.63, 3.8) is 0 Å². The predicted molar refractivity (Wildman–Crippen MR) is 134 cm³/mol. The van der Waals surface area contributed by atoms with Gasteiger partial charge in [0.05, 0.1) is 12.3 Å². The molecule has 1 aliphatic heterocycles. The van der Waals surface area contributed by atoms with Crippen LogP contribution in [0.4, 0.5) is 5.69 Å². The molecule has 2 fully saturated rings. The van der Waals surface area contributed by atoms with Gasteiger partial charge >= 0.3 is 5.97 Å². The van der Waals surface area contributed by atoms with E-state index in [1.807, 2.05) is 11.0 Å². The first-order valence-corrected chi connectivity index (χ1v) is 12.2. The van der Waals surface area contributed by atoms with Gasteiger partial charge in [0.1, 0.15) is 0 Å². The Morgan fingerprint density at radius 2 is 1.73 bits per heavy atom. The molecule has 178 valence electrons. The van der Waals surface area contributed by atoms with Crippen LogP contribution in [0, 0.1) is 12.8 Å². The standard InChI is InChI=1S/C23H27ClN2O.C4H8O2/c1-16-3-5-18(6-4-16)13-23(27)26-12-11-25(15-17(26)2)22-14-20(24)9-10-21(22)19-7-8-19;1-3(2)4(5)6/h3-6,9-10,14,17,19H,7-8,11-13,15H2,1-2H3;3H,1-2H3,(H,5,6). The third-order valence-electron chi connectivity index (χ3n) is 6.27. The van der Waals surface area contributed by atoms with E-state index in [-0.39, 0.29) is 17.9 Å². The number of carboxylic acid groups (broad SMARTS) is 1. The van der Waals surface area contributed by atoms with E-state index >= 15 is 0 Å². The van der Waals surface area contributed by atoms with Crippen LogP contribution in [0.5, 0.6) is 0 Å². The number of carbonyl (C=O) groups excluding carboxylic acids is 1. The Bertz CT molecular complexity index is 970. The Morgan fingerprint density at radius 3 is 2.27 bits per heavy atom. The number of aliphatic carboxylic acids is 1. The molecule has 0 bridgehead atoms. The number of amides is 1. The van der Waals surface area contributed by atoms with Crippen LogP contribution in [0.3, 0.4) is 0 Å². The van der Waals surface area contributed by atoms with Crippen molar-refractivity contribution in [2.75, 3.05) is 24.5 Å². The molecule has 1 saturated heterocycles. The molecular weight excluding hydrogens is 436 g/mol. The van der Waals surface area contributed by atoms with E-state index in [0.29, 0.717) is 12.3 Å². The highest BCUT2D eigenvalue weighted by Gasteiger charge is 2.32. The SMILES string of the molecule is CC(C)C(=O)O.Cc1ccc(CC(=O)N2CCN(c3cc(Cl)ccc3C3CC3)CC2C)cc1. The molecule has 1 N–H and O–H groups in total. The van der Waals surface area contributed by atoms with Crippen LogP contribution in [0.15, 0.2) is 42.5 Å². The Labute approximate surface area is 202 Å². The zero-order chi connectivity index (χ0) is 24.1. The summed E-state index contributed by atoms with van der Waals surface area (Å²) in [6, 6.07) is 14.8. The highest BCUT2D eigenvalue weighted by molar-refractivity contribution is 6.30. The summed E-state index contributed by atoms with van der Waals surface area (Å²) >= 11 is 6.29. The molecule has 0 spiro atoms. The number of halogens is 1. The van der Waals surface area contributed by atoms with Crippen LogP contribution in [-0.2, 0) is 16.0 Å². The summed E-state index contributed by atoms with van der Waals surface area (Å²) in [6.45, 7) is 10.00. The lowest BCUT2D eigenvalue weighted by Crippen LogP contribution is -2.54. The van der Waals surface area contributed by atoms with E-state index in [1.165, 1.54) is 29.7 Å². The maximum absolute atomic E-state index is 12.8. The Hall–Kier alpha value is -2.53. The van der Waals surface area contributed by atoms with Gasteiger partial charge < -0.3 is 14.9 Å². The lowest BCUT2D eigenvalue weighted by Gasteiger charge is -2.42. The Balaban J connectivity index is 0.000000454. The minimum atomic E-state index is -0.741. The van der Waals surface area contributed by atoms with E-state index in [0.717, 1.165) is 30.2 Å². The molecular formula is C27H35ClN2O3. The van der Waals surface area contributed by atoms with Gasteiger partial charge in [0.25, 0.3) is 0 Å². The number of rotatable bonds is 5. The molecule has 1 atom stereocenters. The summed E-state index contributed by atoms with van der Waals surface area (Å²) in [7, 11) is 0. The van der Waals surface area contributed by atoms with Crippen LogP contribution < -0.4 is 4.90 Å². The van der Waals surface area contributed by atoms with Crippen LogP contribution in [0.1, 0.15) is 56.2 Å². The van der Waals surface area contributed by atoms with Gasteiger partial charge in [-0.25, -0.2) is 0 Å². The van der Waals surface area contributed by atoms with Crippen molar-refractivity contribution in [2.24, 2.45) is 5.92 Å². The average Bonchev–Trinajstić information content (AvgIpc) is 3.61. The lowest BCUT2D eigenvalue weighted by molar-refractivity contribution is -0.140. The second-order valence-corrected chi connectivity index (χ2v) is 9.95. The van der Waals surface area contributed by atoms with Crippen molar-refractivity contribution < 1.29 is 14.7 Å². The summed E-state index contributed by atoms with van der Waals surface area (Å²) in [4.78, 5) is 27.0. The zero-order valence-electron chi connectivity index (χ0n) is 20.1. The van der Waals surface area contributed by atoms with Crippen LogP contribution in [-0.4, -0.2) is 47.6 Å². The molecule has 2 aliphatic rings. The second kappa shape index (κ2) is 11.1. The summed E-state index contributed by atoms with van der Waals surface area (Å²) < 4.78 is 0. The van der Waals surface area contributed by atoms with Crippen molar-refractivity contribution in [3.8, 4) is 0 Å². The quantitative estimate of drug-likeness (QED) is 0.623. The third-order valence-corrected chi connectivity index (χ3v) is 6.50. The average molecular weight is 471 g/mol. The van der Waals surface area contributed by atoms with Crippen LogP contribution in [0.2, 0.25) is 5.02 Å². The van der Waals surface area contributed by atoms with Gasteiger partial charge in [-0.05, 0) is 55.9 Å². The number of hydrogen-bond donors (Lipinski definition) is 1. The van der Waals surface area contributed by atoms with Crippen molar-refractivity contribution in [3.05, 3.63) is 64.2 Å². The molecule has 1 amide bonds. The number of anilines is 1. The number of aryl methyl sites for hydroxylation is 1. The van der Waals surface area contributed by atoms with E-state index in [1.54, 1.807) is 13.8 Å². The molecule has 0 aromatic heterocycles. The molecule has 2 aromatic carbocycles. The lowest BCUT2D eigenvalue weighted by atomic mass is 10.0. The first-order chi connectivity index (χ1) is 15.7. The maximum Gasteiger partial charge on any atom is 0.305 e. The zero-order valence-corrected chi connectivity index (χ0v) is 20.8. The van der Waals surface area contributed by atoms with Crippen molar-refractivity contribution in [2.45, 2.75) is 58.9 Å². The largest absolute Gasteiger partial charge is 0.481 e. The van der Waals surface area contributed by atoms with Gasteiger partial charge in [-0.1, -0.05) is 61.3 Å². The molecule has 6 heteroatoms. The fourth-order valence-corrected chi connectivity index (χ4v) is 4.23. The fourth-order valence-electron chi connectivity index (χ4n) is 4.06. The number of carbonyl (C=O) groups is 2. The monoisotopic (exact) mass is 470 g/mol. The molecule has 4 rings (SSSR count). The van der Waals surface area contributed by atoms with Crippen molar-refractivity contribution in [1.29, 1.82) is 0 Å². The summed E-state index contributed by atoms with van der Waals surface area (Å²) in [5, 5.41) is 8.78. The van der Waals surface area contributed by atoms with Gasteiger partial charge in [-0.3, -0.25) is 9.59 Å². The van der Waals surface area contributed by atoms with Crippen molar-refractivity contribution in [1.82, 2.24) is 4.90 Å². The molecule has 1 aliphatic carbocycles. The second-order valence-electron chi connectivity index (χ2n) is 9.51. The number of benzene rings is 2. The van der Waals surface area contributed by atoms with E-state index < -0.39 is 5.97 Å². The first-order valence-electron chi connectivity index (χ1n) is 11.8. The first kappa shape index (κ1) is 25.1. The predicted octanol–water partition coefficient (Wildman–Crippen LogP) is 5.53. The highest BCUT2D eigenvalue weighted by atomic mass is 35.5. The molecule has 2 aromatic rings. The Morgan fingerprint density at radius 1 is 1.09 bits per heavy atom. The van der Waals surface area contributed by atoms with Gasteiger partial charge in [-0.2, -0.15) is 0 Å². The maximum atomic E-state index is 12.8. The molecule has 33 heavy (non-hydrogen) atoms. The third kappa shape index (κ3) is 6.97. The minimum Gasteiger partial charge on any atom is -0.481 e. The molecule has 1 saturated carbocycles. The van der Waals surface area contributed by atoms with Gasteiger partial charge in [0.2, 0.25) is 5.91 Å². The molecule has 0 radical (unpaired) electrons. The van der Waals surface area contributed by atoms with Crippen molar-refractivity contribution >= 4 is 29.2 Å². The Kier molecular flexibility index (Phi) is 8.41. The fraction of sp³-hybridized carbons (Fsp3) is 0.481. The minimum absolute atomic E-state index is 0.197. The number of nitrogens with zero attached hydrogens (tertiary/aromatic N) is 2. The number of hydrogen-bond acceptors (Lipinski definition) is 3. The summed E-state index contributed by atoms with van der Waals surface area (Å²) in [5.74, 6) is -0.0618.